The molecule has 9 nitrogen and oxygen atoms in total. The Bertz CT molecular complexity index is 1270. The van der Waals surface area contributed by atoms with Gasteiger partial charge in [-0.05, 0) is 66.6 Å². The van der Waals surface area contributed by atoms with Crippen LogP contribution in [0.2, 0.25) is 0 Å². The van der Waals surface area contributed by atoms with Crippen LogP contribution < -0.4 is 10.6 Å². The van der Waals surface area contributed by atoms with Gasteiger partial charge in [-0.3, -0.25) is 14.1 Å². The fraction of sp³-hybridized carbons (Fsp3) is 0.0909. The van der Waals surface area contributed by atoms with Crippen LogP contribution in [0.25, 0.3) is 0 Å². The number of amides is 2. The van der Waals surface area contributed by atoms with Crippen molar-refractivity contribution in [2.45, 2.75) is 11.3 Å². The summed E-state index contributed by atoms with van der Waals surface area (Å²) in [5.41, 5.74) is 1.08. The van der Waals surface area contributed by atoms with Gasteiger partial charge in [0, 0.05) is 23.4 Å². The molecule has 10 heteroatoms. The molecular weight excluding hydrogens is 436 g/mol. The maximum Gasteiger partial charge on any atom is 0.294 e. The summed E-state index contributed by atoms with van der Waals surface area (Å²) in [6.07, 6.45) is 0.298. The summed E-state index contributed by atoms with van der Waals surface area (Å²) in [7, 11) is -4.45. The minimum atomic E-state index is -4.45. The van der Waals surface area contributed by atoms with Crippen molar-refractivity contribution in [3.05, 3.63) is 83.4 Å². The number of carbonyl (C=O) groups excluding carboxylic acids is 2. The SMILES string of the molecule is O=C(NCCc1cc(O)ccc1O)c1cccc(NC(=O)c2cccc(S(=O)(=O)O)c2)c1. The second-order valence-corrected chi connectivity index (χ2v) is 8.28. The summed E-state index contributed by atoms with van der Waals surface area (Å²) in [5.74, 6) is -1.00. The Hall–Kier alpha value is -3.89. The maximum absolute atomic E-state index is 12.4. The smallest absolute Gasteiger partial charge is 0.294 e. The summed E-state index contributed by atoms with van der Waals surface area (Å²) in [6.45, 7) is 0.203. The fourth-order valence-electron chi connectivity index (χ4n) is 2.92. The van der Waals surface area contributed by atoms with E-state index in [4.69, 9.17) is 4.55 Å². The lowest BCUT2D eigenvalue weighted by molar-refractivity contribution is 0.0952. The number of rotatable bonds is 7. The van der Waals surface area contributed by atoms with E-state index in [0.29, 0.717) is 17.7 Å². The minimum absolute atomic E-state index is 0.00898. The molecule has 0 heterocycles. The van der Waals surface area contributed by atoms with Gasteiger partial charge in [-0.15, -0.1) is 0 Å². The molecule has 3 aromatic carbocycles. The Labute approximate surface area is 184 Å². The molecule has 32 heavy (non-hydrogen) atoms. The molecule has 0 bridgehead atoms. The number of anilines is 1. The van der Waals surface area contributed by atoms with Crippen molar-refractivity contribution in [3.8, 4) is 11.5 Å². The largest absolute Gasteiger partial charge is 0.508 e. The standard InChI is InChI=1S/C22H20N2O7S/c25-18-7-8-20(26)14(12-18)9-10-23-21(27)15-3-1-5-17(11-15)24-22(28)16-4-2-6-19(13-16)32(29,30)31/h1-8,11-13,25-26H,9-10H2,(H,23,27)(H,24,28)(H,29,30,31). The van der Waals surface area contributed by atoms with Gasteiger partial charge < -0.3 is 20.8 Å². The molecule has 0 fully saturated rings. The lowest BCUT2D eigenvalue weighted by Gasteiger charge is -2.10. The third-order valence-electron chi connectivity index (χ3n) is 4.52. The Morgan fingerprint density at radius 3 is 2.25 bits per heavy atom. The normalized spacial score (nSPS) is 11.0. The molecule has 0 radical (unpaired) electrons. The second-order valence-electron chi connectivity index (χ2n) is 6.86. The van der Waals surface area contributed by atoms with Crippen LogP contribution in [0.4, 0.5) is 5.69 Å². The summed E-state index contributed by atoms with van der Waals surface area (Å²) < 4.78 is 31.6. The number of carbonyl (C=O) groups is 2. The van der Waals surface area contributed by atoms with Gasteiger partial charge in [0.25, 0.3) is 21.9 Å². The Morgan fingerprint density at radius 1 is 0.844 bits per heavy atom. The summed E-state index contributed by atoms with van der Waals surface area (Å²) in [5, 5.41) is 24.5. The monoisotopic (exact) mass is 456 g/mol. The molecule has 2 amide bonds. The summed E-state index contributed by atoms with van der Waals surface area (Å²) in [4.78, 5) is 24.4. The molecule has 166 valence electrons. The molecule has 0 saturated heterocycles. The molecule has 3 rings (SSSR count). The molecule has 0 aliphatic carbocycles. The van der Waals surface area contributed by atoms with Crippen molar-refractivity contribution in [3.63, 3.8) is 0 Å². The first-order valence-electron chi connectivity index (χ1n) is 9.41. The van der Waals surface area contributed by atoms with Gasteiger partial charge in [-0.1, -0.05) is 12.1 Å². The molecular formula is C22H20N2O7S. The molecule has 5 N–H and O–H groups in total. The Kier molecular flexibility index (Phi) is 6.76. The van der Waals surface area contributed by atoms with Gasteiger partial charge in [0.2, 0.25) is 0 Å². The van der Waals surface area contributed by atoms with Crippen molar-refractivity contribution < 1.29 is 32.8 Å². The zero-order valence-corrected chi connectivity index (χ0v) is 17.5. The quantitative estimate of drug-likeness (QED) is 0.270. The van der Waals surface area contributed by atoms with E-state index in [-0.39, 0.29) is 29.2 Å². The highest BCUT2D eigenvalue weighted by molar-refractivity contribution is 7.85. The van der Waals surface area contributed by atoms with Crippen LogP contribution in [0, 0.1) is 0 Å². The topological polar surface area (TPSA) is 153 Å². The van der Waals surface area contributed by atoms with Gasteiger partial charge in [-0.2, -0.15) is 8.42 Å². The number of phenolic OH excluding ortho intramolecular Hbond substituents is 2. The van der Waals surface area contributed by atoms with E-state index in [1.165, 1.54) is 36.4 Å². The lowest BCUT2D eigenvalue weighted by atomic mass is 10.1. The molecule has 0 atom stereocenters. The van der Waals surface area contributed by atoms with Gasteiger partial charge in [-0.25, -0.2) is 0 Å². The van der Waals surface area contributed by atoms with Crippen LogP contribution in [-0.4, -0.2) is 41.5 Å². The summed E-state index contributed by atoms with van der Waals surface area (Å²) >= 11 is 0. The first-order valence-corrected chi connectivity index (χ1v) is 10.9. The van der Waals surface area contributed by atoms with Crippen molar-refractivity contribution >= 4 is 27.6 Å². The van der Waals surface area contributed by atoms with Crippen LogP contribution in [0.3, 0.4) is 0 Å². The average Bonchev–Trinajstić information content (AvgIpc) is 2.75. The Balaban J connectivity index is 1.64. The molecule has 3 aromatic rings. The third kappa shape index (κ3) is 5.84. The minimum Gasteiger partial charge on any atom is -0.508 e. The van der Waals surface area contributed by atoms with Gasteiger partial charge in [0.05, 0.1) is 4.90 Å². The maximum atomic E-state index is 12.4. The highest BCUT2D eigenvalue weighted by Crippen LogP contribution is 2.22. The van der Waals surface area contributed by atoms with Gasteiger partial charge in [0.1, 0.15) is 11.5 Å². The highest BCUT2D eigenvalue weighted by atomic mass is 32.2. The van der Waals surface area contributed by atoms with E-state index < -0.39 is 26.8 Å². The van der Waals surface area contributed by atoms with Crippen LogP contribution in [0.5, 0.6) is 11.5 Å². The number of hydrogen-bond donors (Lipinski definition) is 5. The van der Waals surface area contributed by atoms with E-state index in [0.717, 1.165) is 12.1 Å². The van der Waals surface area contributed by atoms with E-state index in [1.807, 2.05) is 0 Å². The zero-order valence-electron chi connectivity index (χ0n) is 16.6. The van der Waals surface area contributed by atoms with E-state index >= 15 is 0 Å². The number of nitrogens with one attached hydrogen (secondary N) is 2. The number of hydrogen-bond acceptors (Lipinski definition) is 6. The van der Waals surface area contributed by atoms with Crippen molar-refractivity contribution in [1.82, 2.24) is 5.32 Å². The summed E-state index contributed by atoms with van der Waals surface area (Å²) in [6, 6.07) is 15.2. The van der Waals surface area contributed by atoms with Crippen LogP contribution in [-0.2, 0) is 16.5 Å². The molecule has 0 aromatic heterocycles. The fourth-order valence-corrected chi connectivity index (χ4v) is 3.45. The zero-order chi connectivity index (χ0) is 23.3. The van der Waals surface area contributed by atoms with E-state index in [1.54, 1.807) is 18.2 Å². The number of benzene rings is 3. The first kappa shape index (κ1) is 22.8. The second kappa shape index (κ2) is 9.50. The van der Waals surface area contributed by atoms with Crippen LogP contribution >= 0.6 is 0 Å². The molecule has 0 aliphatic rings. The van der Waals surface area contributed by atoms with Gasteiger partial charge in [0.15, 0.2) is 0 Å². The molecule has 0 unspecified atom stereocenters. The Morgan fingerprint density at radius 2 is 1.53 bits per heavy atom. The highest BCUT2D eigenvalue weighted by Gasteiger charge is 2.14. The van der Waals surface area contributed by atoms with E-state index in [2.05, 4.69) is 10.6 Å². The number of aromatic hydroxyl groups is 2. The van der Waals surface area contributed by atoms with Crippen molar-refractivity contribution in [2.24, 2.45) is 0 Å². The molecule has 0 aliphatic heterocycles. The molecule has 0 saturated carbocycles. The van der Waals surface area contributed by atoms with Crippen LogP contribution in [0.15, 0.2) is 71.6 Å². The van der Waals surface area contributed by atoms with E-state index in [9.17, 15) is 28.2 Å². The van der Waals surface area contributed by atoms with Crippen molar-refractivity contribution in [2.75, 3.05) is 11.9 Å². The van der Waals surface area contributed by atoms with Crippen molar-refractivity contribution in [1.29, 1.82) is 0 Å². The first-order chi connectivity index (χ1) is 15.1. The molecule has 0 spiro atoms. The van der Waals surface area contributed by atoms with Gasteiger partial charge >= 0.3 is 0 Å². The number of phenols is 2. The average molecular weight is 456 g/mol. The predicted octanol–water partition coefficient (Wildman–Crippen LogP) is 2.57. The van der Waals surface area contributed by atoms with Crippen LogP contribution in [0.1, 0.15) is 26.3 Å². The lowest BCUT2D eigenvalue weighted by Crippen LogP contribution is -2.25. The third-order valence-corrected chi connectivity index (χ3v) is 5.37. The predicted molar refractivity (Wildman–Crippen MR) is 116 cm³/mol.